The van der Waals surface area contributed by atoms with Crippen LogP contribution in [-0.4, -0.2) is 86.6 Å². The SMILES string of the molecule is CCCN(CCC)S(=O)(=O)c1ccc(C(=O)[O-])cc1.CCCN(CCC)S(=O)(=O)c1ccc(C(=O)[O-])cc1.[Mg+2]. The zero-order chi connectivity index (χ0) is 28.9. The van der Waals surface area contributed by atoms with Crippen LogP contribution >= 0.6 is 0 Å². The molecule has 2 aromatic carbocycles. The maximum Gasteiger partial charge on any atom is 2.00 e. The molecule has 13 heteroatoms. The maximum atomic E-state index is 12.4. The van der Waals surface area contributed by atoms with Gasteiger partial charge in [-0.2, -0.15) is 8.61 Å². The van der Waals surface area contributed by atoms with Crippen LogP contribution in [0.25, 0.3) is 0 Å². The second-order valence-corrected chi connectivity index (χ2v) is 12.3. The van der Waals surface area contributed by atoms with Crippen LogP contribution < -0.4 is 10.2 Å². The fourth-order valence-corrected chi connectivity index (χ4v) is 6.77. The van der Waals surface area contributed by atoms with Crippen molar-refractivity contribution in [2.24, 2.45) is 0 Å². The maximum absolute atomic E-state index is 12.4. The van der Waals surface area contributed by atoms with Crippen molar-refractivity contribution in [2.45, 2.75) is 63.2 Å². The van der Waals surface area contributed by atoms with Crippen LogP contribution in [-0.2, 0) is 20.0 Å². The van der Waals surface area contributed by atoms with Crippen molar-refractivity contribution < 1.29 is 36.6 Å². The number of carboxylic acids is 2. The largest absolute Gasteiger partial charge is 2.00 e. The molecule has 0 aliphatic heterocycles. The summed E-state index contributed by atoms with van der Waals surface area (Å²) < 4.78 is 52.3. The van der Waals surface area contributed by atoms with Crippen LogP contribution in [0.4, 0.5) is 0 Å². The topological polar surface area (TPSA) is 155 Å². The average Bonchev–Trinajstić information content (AvgIpc) is 2.89. The summed E-state index contributed by atoms with van der Waals surface area (Å²) in [6, 6.07) is 10.2. The number of hydrogen-bond acceptors (Lipinski definition) is 8. The Hall–Kier alpha value is -2.03. The summed E-state index contributed by atoms with van der Waals surface area (Å²) in [6.07, 6.45) is 2.93. The number of carbonyl (C=O) groups is 2. The molecule has 0 bridgehead atoms. The molecule has 0 saturated heterocycles. The van der Waals surface area contributed by atoms with E-state index in [0.717, 1.165) is 25.7 Å². The number of rotatable bonds is 14. The van der Waals surface area contributed by atoms with Gasteiger partial charge in [0.1, 0.15) is 0 Å². The predicted molar refractivity (Wildman–Crippen MR) is 146 cm³/mol. The molecule has 0 radical (unpaired) electrons. The quantitative estimate of drug-likeness (QED) is 0.298. The molecule has 0 aromatic heterocycles. The fraction of sp³-hybridized carbons (Fsp3) is 0.462. The summed E-state index contributed by atoms with van der Waals surface area (Å²) in [6.45, 7) is 9.48. The van der Waals surface area contributed by atoms with E-state index in [-0.39, 0.29) is 44.0 Å². The van der Waals surface area contributed by atoms with Crippen LogP contribution in [0.3, 0.4) is 0 Å². The molecule has 0 N–H and O–H groups in total. The molecule has 2 aromatic rings. The molecule has 39 heavy (non-hydrogen) atoms. The number of hydrogen-bond donors (Lipinski definition) is 0. The van der Waals surface area contributed by atoms with Gasteiger partial charge >= 0.3 is 23.1 Å². The van der Waals surface area contributed by atoms with Gasteiger partial charge in [0.25, 0.3) is 0 Å². The van der Waals surface area contributed by atoms with E-state index in [0.29, 0.717) is 26.2 Å². The van der Waals surface area contributed by atoms with Crippen LogP contribution in [0, 0.1) is 0 Å². The summed E-state index contributed by atoms with van der Waals surface area (Å²) in [5.74, 6) is -2.63. The number of carbonyl (C=O) groups excluding carboxylic acids is 2. The van der Waals surface area contributed by atoms with Crippen LogP contribution in [0.2, 0.25) is 0 Å². The smallest absolute Gasteiger partial charge is 0.545 e. The van der Waals surface area contributed by atoms with E-state index in [1.807, 2.05) is 27.7 Å². The van der Waals surface area contributed by atoms with Crippen molar-refractivity contribution in [3.63, 3.8) is 0 Å². The molecule has 0 unspecified atom stereocenters. The van der Waals surface area contributed by atoms with Gasteiger partial charge in [-0.25, -0.2) is 16.8 Å². The van der Waals surface area contributed by atoms with Gasteiger partial charge in [-0.3, -0.25) is 0 Å². The third kappa shape index (κ3) is 10.8. The summed E-state index contributed by atoms with van der Waals surface area (Å²) in [5, 5.41) is 21.3. The van der Waals surface area contributed by atoms with Crippen LogP contribution in [0.5, 0.6) is 0 Å². The molecular formula is C26H36MgN2O8S2. The average molecular weight is 593 g/mol. The second-order valence-electron chi connectivity index (χ2n) is 8.43. The third-order valence-electron chi connectivity index (χ3n) is 5.35. The van der Waals surface area contributed by atoms with Crippen molar-refractivity contribution in [1.82, 2.24) is 8.61 Å². The van der Waals surface area contributed by atoms with E-state index >= 15 is 0 Å². The Labute approximate surface area is 248 Å². The van der Waals surface area contributed by atoms with Crippen LogP contribution in [0.15, 0.2) is 58.3 Å². The van der Waals surface area contributed by atoms with Crippen molar-refractivity contribution in [1.29, 1.82) is 0 Å². The Kier molecular flexibility index (Phi) is 16.7. The van der Waals surface area contributed by atoms with Crippen molar-refractivity contribution in [3.8, 4) is 0 Å². The van der Waals surface area contributed by atoms with E-state index in [9.17, 15) is 36.6 Å². The van der Waals surface area contributed by atoms with Gasteiger partial charge in [0.15, 0.2) is 0 Å². The number of sulfonamides is 2. The zero-order valence-corrected chi connectivity index (χ0v) is 26.0. The first-order chi connectivity index (χ1) is 17.9. The predicted octanol–water partition coefficient (Wildman–Crippen LogP) is 1.34. The van der Waals surface area contributed by atoms with E-state index in [4.69, 9.17) is 0 Å². The third-order valence-corrected chi connectivity index (χ3v) is 9.17. The number of aromatic carboxylic acids is 2. The van der Waals surface area contributed by atoms with E-state index in [1.165, 1.54) is 57.1 Å². The second kappa shape index (κ2) is 17.6. The van der Waals surface area contributed by atoms with Crippen molar-refractivity contribution in [3.05, 3.63) is 59.7 Å². The molecule has 0 fully saturated rings. The van der Waals surface area contributed by atoms with Gasteiger partial charge < -0.3 is 19.8 Å². The molecule has 10 nitrogen and oxygen atoms in total. The first-order valence-electron chi connectivity index (χ1n) is 12.5. The minimum absolute atomic E-state index is 0. The van der Waals surface area contributed by atoms with Gasteiger partial charge in [0.2, 0.25) is 20.0 Å². The molecule has 0 amide bonds. The van der Waals surface area contributed by atoms with Gasteiger partial charge in [-0.1, -0.05) is 52.0 Å². The van der Waals surface area contributed by atoms with Crippen molar-refractivity contribution >= 4 is 55.0 Å². The number of benzene rings is 2. The molecule has 0 aliphatic carbocycles. The van der Waals surface area contributed by atoms with Crippen molar-refractivity contribution in [2.75, 3.05) is 26.2 Å². The Morgan fingerprint density at radius 1 is 0.564 bits per heavy atom. The first kappa shape index (κ1) is 37.0. The zero-order valence-electron chi connectivity index (χ0n) is 23.0. The molecule has 0 atom stereocenters. The monoisotopic (exact) mass is 592 g/mol. The molecule has 2 rings (SSSR count). The summed E-state index contributed by atoms with van der Waals surface area (Å²) in [4.78, 5) is 21.5. The summed E-state index contributed by atoms with van der Waals surface area (Å²) in [7, 11) is -7.10. The molecule has 0 aliphatic rings. The Morgan fingerprint density at radius 3 is 0.974 bits per heavy atom. The Bertz CT molecular complexity index is 1140. The fourth-order valence-electron chi connectivity index (χ4n) is 3.53. The normalized spacial score (nSPS) is 11.4. The summed E-state index contributed by atoms with van der Waals surface area (Å²) in [5.41, 5.74) is -0.0621. The number of nitrogens with zero attached hydrogens (tertiary/aromatic N) is 2. The molecule has 0 heterocycles. The minimum atomic E-state index is -3.55. The molecule has 212 valence electrons. The molecule has 0 saturated carbocycles. The Morgan fingerprint density at radius 2 is 0.795 bits per heavy atom. The molecular weight excluding hydrogens is 557 g/mol. The van der Waals surface area contributed by atoms with Gasteiger partial charge in [0.05, 0.1) is 21.7 Å². The van der Waals surface area contributed by atoms with E-state index in [2.05, 4.69) is 0 Å². The summed E-state index contributed by atoms with van der Waals surface area (Å²) >= 11 is 0. The van der Waals surface area contributed by atoms with E-state index < -0.39 is 32.0 Å². The van der Waals surface area contributed by atoms with Gasteiger partial charge in [-0.05, 0) is 61.1 Å². The van der Waals surface area contributed by atoms with Crippen LogP contribution in [0.1, 0.15) is 74.1 Å². The van der Waals surface area contributed by atoms with Gasteiger partial charge in [-0.15, -0.1) is 0 Å². The Balaban J connectivity index is 0.000000722. The standard InChI is InChI=1S/2C13H19NO4S.Mg/c2*1-3-9-14(10-4-2)19(17,18)12-7-5-11(6-8-12)13(15)16;/h2*5-8H,3-4,9-10H2,1-2H3,(H,15,16);/q;;+2/p-2. The number of carboxylic acid groups (broad SMARTS) is 2. The van der Waals surface area contributed by atoms with E-state index in [1.54, 1.807) is 0 Å². The minimum Gasteiger partial charge on any atom is -0.545 e. The molecule has 0 spiro atoms. The first-order valence-corrected chi connectivity index (χ1v) is 15.4. The van der Waals surface area contributed by atoms with Gasteiger partial charge in [0, 0.05) is 26.2 Å².